The number of carbonyl (C=O) groups excluding carboxylic acids is 1. The van der Waals surface area contributed by atoms with Gasteiger partial charge in [-0.15, -0.1) is 0 Å². The highest BCUT2D eigenvalue weighted by Gasteiger charge is 2.39. The van der Waals surface area contributed by atoms with Crippen molar-refractivity contribution in [3.8, 4) is 22.6 Å². The summed E-state index contributed by atoms with van der Waals surface area (Å²) in [4.78, 5) is 39.6. The van der Waals surface area contributed by atoms with Crippen LogP contribution in [0.2, 0.25) is 23.2 Å². The Balaban J connectivity index is 1.21. The molecule has 0 aliphatic rings. The minimum Gasteiger partial charge on any atom is -0.506 e. The van der Waals surface area contributed by atoms with Gasteiger partial charge >= 0.3 is 6.09 Å². The predicted octanol–water partition coefficient (Wildman–Crippen LogP) is 9.26. The van der Waals surface area contributed by atoms with Crippen LogP contribution in [0.1, 0.15) is 66.8 Å². The molecule has 11 nitrogen and oxygen atoms in total. The number of aryl methyl sites for hydroxylation is 1. The lowest BCUT2D eigenvalue weighted by Crippen LogP contribution is -2.43. The summed E-state index contributed by atoms with van der Waals surface area (Å²) in [6.45, 7) is 12.1. The van der Waals surface area contributed by atoms with Crippen LogP contribution in [0.25, 0.3) is 22.0 Å². The number of hydrogen-bond acceptors (Lipinski definition) is 7. The number of anilines is 1. The smallest absolute Gasteiger partial charge is 0.409 e. The van der Waals surface area contributed by atoms with Crippen molar-refractivity contribution < 1.29 is 29.0 Å². The van der Waals surface area contributed by atoms with E-state index in [2.05, 4.69) is 54.8 Å². The predicted molar refractivity (Wildman–Crippen MR) is 226 cm³/mol. The highest BCUT2D eigenvalue weighted by atomic mass is 35.5. The van der Waals surface area contributed by atoms with E-state index in [1.807, 2.05) is 54.6 Å². The molecule has 0 saturated heterocycles. The molecule has 1 heterocycles. The SMILES string of the molecule is COc1cc(C(=O)NCCCCc2ccc(-c3ccccc3)c(NC(=O)O)c2)c(Cl)cc1CNCC(O[Si](C)(C)C(C)(C)C)c1ccc(O)c2[nH]c(=O)ccc12. The highest BCUT2D eigenvalue weighted by molar-refractivity contribution is 6.74. The molecule has 1 unspecified atom stereocenters. The number of carbonyl (C=O) groups is 2. The molecule has 1 aromatic heterocycles. The highest BCUT2D eigenvalue weighted by Crippen LogP contribution is 2.41. The van der Waals surface area contributed by atoms with Gasteiger partial charge in [0.1, 0.15) is 11.5 Å². The first-order chi connectivity index (χ1) is 26.6. The van der Waals surface area contributed by atoms with E-state index in [0.717, 1.165) is 34.2 Å². The number of aromatic hydroxyl groups is 1. The normalized spacial score (nSPS) is 12.3. The molecule has 0 fully saturated rings. The molecule has 56 heavy (non-hydrogen) atoms. The number of unbranched alkanes of at least 4 members (excludes halogenated alkanes) is 1. The Morgan fingerprint density at radius 3 is 2.41 bits per heavy atom. The maximum atomic E-state index is 13.2. The molecule has 0 saturated carbocycles. The van der Waals surface area contributed by atoms with Crippen molar-refractivity contribution in [2.24, 2.45) is 0 Å². The number of hydrogen-bond donors (Lipinski definition) is 6. The van der Waals surface area contributed by atoms with Crippen molar-refractivity contribution in [2.45, 2.75) is 70.8 Å². The molecular formula is C43H51ClN4O7Si. The third-order valence-electron chi connectivity index (χ3n) is 10.3. The molecule has 6 N–H and O–H groups in total. The van der Waals surface area contributed by atoms with Gasteiger partial charge in [-0.2, -0.15) is 0 Å². The molecule has 5 aromatic rings. The van der Waals surface area contributed by atoms with E-state index < -0.39 is 20.5 Å². The number of rotatable bonds is 16. The molecule has 5 rings (SSSR count). The number of halogens is 1. The standard InChI is InChI=1S/C43H51ClN4O7Si/c1-43(2,3)56(5,6)55-38(31-17-19-36(49)40-32(31)18-20-39(50)48-40)26-45-25-29-23-34(44)33(24-37(29)54-4)41(51)46-21-11-10-12-27-15-16-30(28-13-8-7-9-14-28)35(22-27)47-42(52)53/h7-9,13-20,22-24,38,45,47,49H,10-12,21,25-26H2,1-6H3,(H,46,51)(H,48,50)(H,52,53). The van der Waals surface area contributed by atoms with Gasteiger partial charge in [-0.05, 0) is 84.4 Å². The lowest BCUT2D eigenvalue weighted by Gasteiger charge is -2.39. The number of methoxy groups -OCH3 is 1. The molecule has 0 spiro atoms. The van der Waals surface area contributed by atoms with Gasteiger partial charge in [0.05, 0.1) is 35.0 Å². The lowest BCUT2D eigenvalue weighted by molar-refractivity contribution is 0.0952. The van der Waals surface area contributed by atoms with Gasteiger partial charge in [0.15, 0.2) is 8.32 Å². The fourth-order valence-corrected chi connectivity index (χ4v) is 7.86. The number of aromatic amines is 1. The van der Waals surface area contributed by atoms with Gasteiger partial charge in [-0.25, -0.2) is 4.79 Å². The fourth-order valence-electron chi connectivity index (χ4n) is 6.31. The molecule has 13 heteroatoms. The lowest BCUT2D eigenvalue weighted by atomic mass is 9.99. The summed E-state index contributed by atoms with van der Waals surface area (Å²) in [5.74, 6) is 0.180. The largest absolute Gasteiger partial charge is 0.506 e. The van der Waals surface area contributed by atoms with Crippen LogP contribution in [0, 0.1) is 0 Å². The van der Waals surface area contributed by atoms with Gasteiger partial charge in [0.25, 0.3) is 5.91 Å². The summed E-state index contributed by atoms with van der Waals surface area (Å²) in [5, 5.41) is 29.8. The van der Waals surface area contributed by atoms with E-state index in [0.29, 0.717) is 65.4 Å². The molecule has 2 amide bonds. The quantitative estimate of drug-likeness (QED) is 0.0425. The van der Waals surface area contributed by atoms with Crippen LogP contribution in [0.5, 0.6) is 11.5 Å². The third kappa shape index (κ3) is 10.4. The van der Waals surface area contributed by atoms with Crippen LogP contribution in [-0.2, 0) is 17.4 Å². The van der Waals surface area contributed by atoms with Crippen LogP contribution in [0.4, 0.5) is 10.5 Å². The molecule has 0 radical (unpaired) electrons. The van der Waals surface area contributed by atoms with E-state index in [4.69, 9.17) is 20.8 Å². The molecular weight excluding hydrogens is 748 g/mol. The zero-order valence-electron chi connectivity index (χ0n) is 32.7. The first-order valence-electron chi connectivity index (χ1n) is 18.6. The molecule has 4 aromatic carbocycles. The van der Waals surface area contributed by atoms with Crippen molar-refractivity contribution in [1.82, 2.24) is 15.6 Å². The number of H-pyrrole nitrogens is 1. The average molecular weight is 799 g/mol. The average Bonchev–Trinajstić information content (AvgIpc) is 3.14. The second-order valence-corrected chi connectivity index (χ2v) is 20.5. The van der Waals surface area contributed by atoms with Gasteiger partial charge in [-0.3, -0.25) is 14.9 Å². The van der Waals surface area contributed by atoms with E-state index in [1.54, 1.807) is 31.4 Å². The maximum absolute atomic E-state index is 13.2. The van der Waals surface area contributed by atoms with Crippen molar-refractivity contribution in [2.75, 3.05) is 25.5 Å². The summed E-state index contributed by atoms with van der Waals surface area (Å²) in [5.41, 5.74) is 5.20. The minimum absolute atomic E-state index is 0.0141. The number of ether oxygens (including phenoxy) is 1. The number of amides is 2. The van der Waals surface area contributed by atoms with Crippen molar-refractivity contribution in [3.63, 3.8) is 0 Å². The fraction of sp³-hybridized carbons (Fsp3) is 0.326. The van der Waals surface area contributed by atoms with E-state index in [1.165, 1.54) is 6.07 Å². The number of phenolic OH excluding ortho intramolecular Hbond substituents is 1. The Labute approximate surface area is 333 Å². The Bertz CT molecular complexity index is 2240. The van der Waals surface area contributed by atoms with Crippen molar-refractivity contribution in [1.29, 1.82) is 0 Å². The molecule has 0 bridgehead atoms. The van der Waals surface area contributed by atoms with Gasteiger partial charge in [0, 0.05) is 42.2 Å². The zero-order valence-corrected chi connectivity index (χ0v) is 34.5. The maximum Gasteiger partial charge on any atom is 0.409 e. The number of nitrogens with one attached hydrogen (secondary N) is 4. The van der Waals surface area contributed by atoms with Crippen LogP contribution in [0.15, 0.2) is 89.7 Å². The number of carboxylic acid groups (broad SMARTS) is 1. The van der Waals surface area contributed by atoms with Gasteiger partial charge < -0.3 is 35.0 Å². The summed E-state index contributed by atoms with van der Waals surface area (Å²) in [6.07, 6.45) is 0.654. The summed E-state index contributed by atoms with van der Waals surface area (Å²) < 4.78 is 12.6. The molecule has 1 atom stereocenters. The van der Waals surface area contributed by atoms with Crippen molar-refractivity contribution >= 4 is 48.5 Å². The topological polar surface area (TPSA) is 162 Å². The Kier molecular flexibility index (Phi) is 13.7. The van der Waals surface area contributed by atoms with Gasteiger partial charge in [0.2, 0.25) is 5.56 Å². The number of fused-ring (bicyclic) bond motifs is 1. The Morgan fingerprint density at radius 1 is 0.964 bits per heavy atom. The molecule has 0 aliphatic heterocycles. The second-order valence-electron chi connectivity index (χ2n) is 15.3. The summed E-state index contributed by atoms with van der Waals surface area (Å²) in [7, 11) is -0.735. The number of pyridine rings is 1. The third-order valence-corrected chi connectivity index (χ3v) is 15.1. The van der Waals surface area contributed by atoms with Crippen LogP contribution >= 0.6 is 11.6 Å². The Hall–Kier alpha value is -5.14. The van der Waals surface area contributed by atoms with E-state index in [9.17, 15) is 24.6 Å². The molecule has 296 valence electrons. The van der Waals surface area contributed by atoms with Crippen LogP contribution < -0.4 is 26.2 Å². The number of phenols is 1. The minimum atomic E-state index is -2.28. The molecule has 0 aliphatic carbocycles. The Morgan fingerprint density at radius 2 is 1.71 bits per heavy atom. The van der Waals surface area contributed by atoms with E-state index >= 15 is 0 Å². The first kappa shape index (κ1) is 42.0. The summed E-state index contributed by atoms with van der Waals surface area (Å²) >= 11 is 6.69. The zero-order chi connectivity index (χ0) is 40.6. The number of aromatic nitrogens is 1. The number of benzene rings is 4. The van der Waals surface area contributed by atoms with Crippen LogP contribution in [-0.4, -0.2) is 55.7 Å². The van der Waals surface area contributed by atoms with Gasteiger partial charge in [-0.1, -0.05) is 80.9 Å². The van der Waals surface area contributed by atoms with Crippen molar-refractivity contribution in [3.05, 3.63) is 123 Å². The van der Waals surface area contributed by atoms with E-state index in [-0.39, 0.29) is 22.3 Å². The first-order valence-corrected chi connectivity index (χ1v) is 21.9. The monoisotopic (exact) mass is 798 g/mol. The summed E-state index contributed by atoms with van der Waals surface area (Å²) in [6, 6.07) is 25.3. The van der Waals surface area contributed by atoms with Crippen LogP contribution in [0.3, 0.4) is 0 Å². The second kappa shape index (κ2) is 18.2.